The molecular formula is C16H14FN3O6. The van der Waals surface area contributed by atoms with Crippen molar-refractivity contribution >= 4 is 28.3 Å². The molecule has 0 spiro atoms. The Labute approximate surface area is 144 Å². The molecule has 9 nitrogen and oxygen atoms in total. The molecule has 26 heavy (non-hydrogen) atoms. The van der Waals surface area contributed by atoms with E-state index in [2.05, 4.69) is 0 Å². The molecule has 0 saturated heterocycles. The number of aryl methyl sites for hydroxylation is 1. The minimum absolute atomic E-state index is 0.00901. The molecule has 1 amide bonds. The zero-order chi connectivity index (χ0) is 19.2. The van der Waals surface area contributed by atoms with E-state index in [0.29, 0.717) is 0 Å². The highest BCUT2D eigenvalue weighted by Gasteiger charge is 2.24. The largest absolute Gasteiger partial charge is 0.505 e. The van der Waals surface area contributed by atoms with E-state index in [1.54, 1.807) is 0 Å². The molecule has 0 radical (unpaired) electrons. The van der Waals surface area contributed by atoms with Gasteiger partial charge in [-0.3, -0.25) is 14.4 Å². The molecule has 0 aliphatic heterocycles. The number of aromatic nitrogens is 2. The van der Waals surface area contributed by atoms with E-state index in [-0.39, 0.29) is 22.2 Å². The molecule has 0 fully saturated rings. The number of nitrogens with one attached hydrogen (secondary N) is 1. The van der Waals surface area contributed by atoms with E-state index < -0.39 is 41.1 Å². The Balaban J connectivity index is 2.34. The van der Waals surface area contributed by atoms with Crippen molar-refractivity contribution in [3.63, 3.8) is 0 Å². The van der Waals surface area contributed by atoms with Gasteiger partial charge < -0.3 is 20.3 Å². The maximum absolute atomic E-state index is 14.3. The van der Waals surface area contributed by atoms with Gasteiger partial charge in [-0.05, 0) is 6.07 Å². The highest BCUT2D eigenvalue weighted by Crippen LogP contribution is 2.31. The van der Waals surface area contributed by atoms with Crippen molar-refractivity contribution in [1.82, 2.24) is 14.5 Å². The molecule has 0 atom stereocenters. The Morgan fingerprint density at radius 1 is 1.27 bits per heavy atom. The van der Waals surface area contributed by atoms with Crippen molar-refractivity contribution in [2.75, 3.05) is 13.7 Å². The van der Waals surface area contributed by atoms with Crippen LogP contribution in [0.1, 0.15) is 10.4 Å². The number of carbonyl (C=O) groups is 2. The number of ether oxygens (including phenoxy) is 1. The van der Waals surface area contributed by atoms with Gasteiger partial charge in [0.05, 0.1) is 12.6 Å². The molecule has 0 aliphatic carbocycles. The number of fused-ring (bicyclic) bond motifs is 3. The normalized spacial score (nSPS) is 11.0. The highest BCUT2D eigenvalue weighted by atomic mass is 19.1. The van der Waals surface area contributed by atoms with Crippen molar-refractivity contribution < 1.29 is 28.9 Å². The lowest BCUT2D eigenvalue weighted by atomic mass is 10.2. The molecule has 136 valence electrons. The number of aromatic hydroxyl groups is 1. The second-order valence-electron chi connectivity index (χ2n) is 5.51. The summed E-state index contributed by atoms with van der Waals surface area (Å²) in [6, 6.07) is 3.92. The van der Waals surface area contributed by atoms with Gasteiger partial charge in [-0.15, -0.1) is 0 Å². The Kier molecular flexibility index (Phi) is 4.03. The number of hydrogen-bond acceptors (Lipinski definition) is 5. The lowest BCUT2D eigenvalue weighted by Crippen LogP contribution is -2.36. The van der Waals surface area contributed by atoms with Crippen LogP contribution in [0.2, 0.25) is 0 Å². The first-order valence-electron chi connectivity index (χ1n) is 7.37. The van der Waals surface area contributed by atoms with E-state index in [1.165, 1.54) is 30.8 Å². The van der Waals surface area contributed by atoms with E-state index in [1.807, 2.05) is 5.32 Å². The number of aliphatic carboxylic acids is 1. The lowest BCUT2D eigenvalue weighted by molar-refractivity contribution is -0.135. The van der Waals surface area contributed by atoms with Gasteiger partial charge in [-0.25, -0.2) is 13.6 Å². The first-order valence-corrected chi connectivity index (χ1v) is 7.37. The summed E-state index contributed by atoms with van der Waals surface area (Å²) in [6.07, 6.45) is 0. The Bertz CT molecular complexity index is 1130. The van der Waals surface area contributed by atoms with Crippen LogP contribution in [0.4, 0.5) is 4.39 Å². The molecule has 3 rings (SSSR count). The van der Waals surface area contributed by atoms with E-state index in [9.17, 15) is 23.9 Å². The summed E-state index contributed by atoms with van der Waals surface area (Å²) in [5.74, 6) is -3.45. The minimum atomic E-state index is -1.31. The van der Waals surface area contributed by atoms with Crippen LogP contribution in [0.15, 0.2) is 23.0 Å². The predicted octanol–water partition coefficient (Wildman–Crippen LogP) is 0.459. The zero-order valence-corrected chi connectivity index (χ0v) is 13.7. The number of halogens is 1. The molecule has 3 N–H and O–H groups in total. The molecule has 1 aromatic carbocycles. The number of carbonyl (C=O) groups excluding carboxylic acids is 1. The summed E-state index contributed by atoms with van der Waals surface area (Å²) >= 11 is 0. The summed E-state index contributed by atoms with van der Waals surface area (Å²) in [7, 11) is 2.69. The van der Waals surface area contributed by atoms with Crippen molar-refractivity contribution in [3.8, 4) is 11.5 Å². The molecule has 10 heteroatoms. The number of hydrogen-bond donors (Lipinski definition) is 3. The zero-order valence-electron chi connectivity index (χ0n) is 13.7. The van der Waals surface area contributed by atoms with Gasteiger partial charge in [0.15, 0.2) is 5.75 Å². The third-order valence-corrected chi connectivity index (χ3v) is 3.97. The maximum atomic E-state index is 14.3. The van der Waals surface area contributed by atoms with Crippen LogP contribution in [0.3, 0.4) is 0 Å². The maximum Gasteiger partial charge on any atom is 0.322 e. The first-order chi connectivity index (χ1) is 12.3. The van der Waals surface area contributed by atoms with Gasteiger partial charge in [0.25, 0.3) is 11.5 Å². The fraction of sp³-hybridized carbons (Fsp3) is 0.188. The number of carboxylic acid groups (broad SMARTS) is 1. The fourth-order valence-corrected chi connectivity index (χ4v) is 2.77. The van der Waals surface area contributed by atoms with Gasteiger partial charge in [0, 0.05) is 24.6 Å². The Morgan fingerprint density at radius 3 is 2.58 bits per heavy atom. The SMILES string of the molecule is COc1cc(F)c2cc3c(O)c(C(=O)NCC(=O)O)c(=O)n(C)n3c2c1. The summed E-state index contributed by atoms with van der Waals surface area (Å²) in [6.45, 7) is -0.721. The topological polar surface area (TPSA) is 122 Å². The van der Waals surface area contributed by atoms with Gasteiger partial charge >= 0.3 is 5.97 Å². The number of methoxy groups -OCH3 is 1. The van der Waals surface area contributed by atoms with Crippen LogP contribution in [0.25, 0.3) is 16.4 Å². The van der Waals surface area contributed by atoms with Crippen molar-refractivity contribution in [1.29, 1.82) is 0 Å². The lowest BCUT2D eigenvalue weighted by Gasteiger charge is -2.11. The summed E-state index contributed by atoms with van der Waals surface area (Å²) < 4.78 is 21.6. The summed E-state index contributed by atoms with van der Waals surface area (Å²) in [4.78, 5) is 35.2. The Hall–Kier alpha value is -3.56. The third-order valence-electron chi connectivity index (χ3n) is 3.97. The fourth-order valence-electron chi connectivity index (χ4n) is 2.77. The van der Waals surface area contributed by atoms with Gasteiger partial charge in [0.2, 0.25) is 0 Å². The van der Waals surface area contributed by atoms with E-state index in [0.717, 1.165) is 10.7 Å². The highest BCUT2D eigenvalue weighted by molar-refractivity contribution is 6.01. The van der Waals surface area contributed by atoms with Crippen LogP contribution in [-0.4, -0.2) is 44.9 Å². The first kappa shape index (κ1) is 17.3. The number of nitrogens with zero attached hydrogens (tertiary/aromatic N) is 2. The van der Waals surface area contributed by atoms with E-state index >= 15 is 0 Å². The Morgan fingerprint density at radius 2 is 1.96 bits per heavy atom. The third kappa shape index (κ3) is 2.51. The molecule has 3 aromatic rings. The van der Waals surface area contributed by atoms with Gasteiger partial charge in [0.1, 0.15) is 29.2 Å². The van der Waals surface area contributed by atoms with Crippen LogP contribution in [-0.2, 0) is 11.8 Å². The molecular weight excluding hydrogens is 349 g/mol. The molecule has 2 aromatic heterocycles. The number of rotatable bonds is 4. The molecule has 0 unspecified atom stereocenters. The quantitative estimate of drug-likeness (QED) is 0.619. The average Bonchev–Trinajstić information content (AvgIpc) is 2.98. The van der Waals surface area contributed by atoms with Crippen LogP contribution >= 0.6 is 0 Å². The number of carboxylic acids is 1. The number of benzene rings is 1. The number of amides is 1. The second kappa shape index (κ2) is 6.06. The average molecular weight is 363 g/mol. The monoisotopic (exact) mass is 363 g/mol. The van der Waals surface area contributed by atoms with Crippen LogP contribution in [0, 0.1) is 5.82 Å². The molecule has 2 heterocycles. The second-order valence-corrected chi connectivity index (χ2v) is 5.51. The van der Waals surface area contributed by atoms with Crippen molar-refractivity contribution in [3.05, 3.63) is 39.9 Å². The predicted molar refractivity (Wildman–Crippen MR) is 88.3 cm³/mol. The minimum Gasteiger partial charge on any atom is -0.505 e. The van der Waals surface area contributed by atoms with Gasteiger partial charge in [-0.2, -0.15) is 0 Å². The van der Waals surface area contributed by atoms with Gasteiger partial charge in [-0.1, -0.05) is 0 Å². The smallest absolute Gasteiger partial charge is 0.322 e. The standard InChI is InChI=1S/C16H14FN3O6/c1-19-16(25)13(15(24)18-6-12(21)22)14(23)11-5-8-9(17)3-7(26-2)4-10(8)20(11)19/h3-5,23H,6H2,1-2H3,(H,18,24)(H,21,22). The molecule has 0 aliphatic rings. The molecule has 0 bridgehead atoms. The summed E-state index contributed by atoms with van der Waals surface area (Å²) in [5.41, 5.74) is -1.24. The van der Waals surface area contributed by atoms with Crippen molar-refractivity contribution in [2.45, 2.75) is 0 Å². The van der Waals surface area contributed by atoms with E-state index in [4.69, 9.17) is 9.84 Å². The van der Waals surface area contributed by atoms with Crippen LogP contribution in [0.5, 0.6) is 11.5 Å². The molecule has 0 saturated carbocycles. The van der Waals surface area contributed by atoms with Crippen LogP contribution < -0.4 is 15.6 Å². The summed E-state index contributed by atoms with van der Waals surface area (Å²) in [5, 5.41) is 21.2. The van der Waals surface area contributed by atoms with Crippen molar-refractivity contribution in [2.24, 2.45) is 7.05 Å².